The van der Waals surface area contributed by atoms with E-state index in [1.54, 1.807) is 36.3 Å². The number of hydrogen-bond donors (Lipinski definition) is 1. The van der Waals surface area contributed by atoms with Gasteiger partial charge in [0.25, 0.3) is 11.8 Å². The number of alkyl halides is 2. The number of pyridine rings is 2. The maximum absolute atomic E-state index is 13.6. The quantitative estimate of drug-likeness (QED) is 0.346. The average molecular weight is 538 g/mol. The molecule has 3 aromatic heterocycles. The maximum Gasteiger partial charge on any atom is 0.274 e. The first-order valence-corrected chi connectivity index (χ1v) is 12.3. The number of amides is 1. The van der Waals surface area contributed by atoms with Gasteiger partial charge >= 0.3 is 0 Å². The molecule has 4 aromatic rings. The Morgan fingerprint density at radius 1 is 1.08 bits per heavy atom. The molecule has 0 unspecified atom stereocenters. The van der Waals surface area contributed by atoms with Gasteiger partial charge < -0.3 is 24.1 Å². The summed E-state index contributed by atoms with van der Waals surface area (Å²) < 4.78 is 43.3. The number of hydrogen-bond acceptors (Lipinski definition) is 7. The highest BCUT2D eigenvalue weighted by molar-refractivity contribution is 6.07. The third-order valence-electron chi connectivity index (χ3n) is 6.79. The van der Waals surface area contributed by atoms with Crippen molar-refractivity contribution in [3.63, 3.8) is 0 Å². The van der Waals surface area contributed by atoms with Crippen molar-refractivity contribution in [3.05, 3.63) is 60.0 Å². The van der Waals surface area contributed by atoms with Gasteiger partial charge in [-0.3, -0.25) is 14.7 Å². The number of nitrogens with zero attached hydrogens (tertiary/aromatic N) is 4. The molecule has 11 heteroatoms. The number of H-pyrrole nitrogens is 1. The van der Waals surface area contributed by atoms with Crippen molar-refractivity contribution in [1.29, 1.82) is 0 Å². The number of aromatic amines is 1. The Labute approximate surface area is 224 Å². The topological polar surface area (TPSA) is 92.8 Å². The smallest absolute Gasteiger partial charge is 0.274 e. The lowest BCUT2D eigenvalue weighted by Gasteiger charge is -2.20. The summed E-state index contributed by atoms with van der Waals surface area (Å²) in [5.74, 6) is -1.62. The fraction of sp³-hybridized carbons (Fsp3) is 0.321. The van der Waals surface area contributed by atoms with Gasteiger partial charge in [-0.25, -0.2) is 13.8 Å². The number of benzene rings is 1. The van der Waals surface area contributed by atoms with Crippen LogP contribution in [0, 0.1) is 0 Å². The Balaban J connectivity index is 1.38. The molecule has 1 saturated heterocycles. The van der Waals surface area contributed by atoms with E-state index in [-0.39, 0.29) is 18.9 Å². The fourth-order valence-electron chi connectivity index (χ4n) is 4.74. The minimum absolute atomic E-state index is 0.131. The summed E-state index contributed by atoms with van der Waals surface area (Å²) in [7, 11) is 6.20. The second kappa shape index (κ2) is 10.5. The molecule has 0 aliphatic carbocycles. The molecule has 1 aliphatic heterocycles. The van der Waals surface area contributed by atoms with Crippen LogP contribution in [0.3, 0.4) is 0 Å². The number of aromatic nitrogens is 3. The lowest BCUT2D eigenvalue weighted by atomic mass is 10.1. The van der Waals surface area contributed by atoms with Crippen molar-refractivity contribution in [2.45, 2.75) is 18.9 Å². The van der Waals surface area contributed by atoms with Crippen molar-refractivity contribution >= 4 is 22.6 Å². The summed E-state index contributed by atoms with van der Waals surface area (Å²) in [6, 6.07) is 12.5. The van der Waals surface area contributed by atoms with Gasteiger partial charge in [-0.15, -0.1) is 0 Å². The number of fused-ring (bicyclic) bond motifs is 1. The minimum Gasteiger partial charge on any atom is -0.493 e. The second-order valence-corrected chi connectivity index (χ2v) is 9.41. The molecule has 0 saturated carbocycles. The molecule has 1 fully saturated rings. The molecule has 0 spiro atoms. The number of methoxy groups -OCH3 is 3. The van der Waals surface area contributed by atoms with E-state index in [2.05, 4.69) is 9.97 Å². The maximum atomic E-state index is 13.6. The predicted octanol–water partition coefficient (Wildman–Crippen LogP) is 4.77. The number of rotatable bonds is 8. The normalized spacial score (nSPS) is 14.9. The van der Waals surface area contributed by atoms with Crippen molar-refractivity contribution in [3.8, 4) is 28.5 Å². The molecule has 4 heterocycles. The molecule has 0 radical (unpaired) electrons. The Hall–Kier alpha value is -4.25. The van der Waals surface area contributed by atoms with Crippen molar-refractivity contribution in [1.82, 2.24) is 19.9 Å². The summed E-state index contributed by atoms with van der Waals surface area (Å²) in [5.41, 5.74) is 4.44. The lowest BCUT2D eigenvalue weighted by molar-refractivity contribution is 0.0114. The largest absolute Gasteiger partial charge is 0.493 e. The van der Waals surface area contributed by atoms with Gasteiger partial charge in [-0.1, -0.05) is 0 Å². The van der Waals surface area contributed by atoms with Gasteiger partial charge in [0, 0.05) is 50.5 Å². The first kappa shape index (κ1) is 26.4. The van der Waals surface area contributed by atoms with Crippen LogP contribution in [-0.4, -0.2) is 73.1 Å². The van der Waals surface area contributed by atoms with E-state index in [4.69, 9.17) is 19.2 Å². The van der Waals surface area contributed by atoms with E-state index < -0.39 is 5.92 Å². The molecule has 1 aromatic carbocycles. The highest BCUT2D eigenvalue weighted by Crippen LogP contribution is 2.41. The number of ether oxygens (including phenoxy) is 3. The van der Waals surface area contributed by atoms with E-state index in [0.717, 1.165) is 5.56 Å². The second-order valence-electron chi connectivity index (χ2n) is 9.41. The number of carbonyl (C=O) groups is 1. The zero-order valence-corrected chi connectivity index (χ0v) is 22.1. The molecule has 1 amide bonds. The van der Waals surface area contributed by atoms with E-state index >= 15 is 0 Å². The van der Waals surface area contributed by atoms with Crippen LogP contribution in [0.2, 0.25) is 0 Å². The van der Waals surface area contributed by atoms with Crippen LogP contribution < -0.4 is 19.1 Å². The van der Waals surface area contributed by atoms with Gasteiger partial charge in [-0.2, -0.15) is 0 Å². The summed E-state index contributed by atoms with van der Waals surface area (Å²) in [4.78, 5) is 28.8. The summed E-state index contributed by atoms with van der Waals surface area (Å²) >= 11 is 0. The summed E-state index contributed by atoms with van der Waals surface area (Å²) in [6.45, 7) is 0.434. The number of anilines is 1. The molecule has 5 rings (SSSR count). The van der Waals surface area contributed by atoms with E-state index in [1.807, 2.05) is 24.3 Å². The molecular formula is C28H29F2N5O4. The zero-order chi connectivity index (χ0) is 27.7. The monoisotopic (exact) mass is 537 g/mol. The SMILES string of the molecule is COc1cc(N(C)C(=O)c2cc3nc(-c4ccnc(CN5CCC(F)(F)C5)c4)ccc3[nH]2)cc(OC)c1OC. The Bertz CT molecular complexity index is 1500. The van der Waals surface area contributed by atoms with E-state index in [0.29, 0.717) is 64.1 Å². The van der Waals surface area contributed by atoms with Gasteiger partial charge in [-0.05, 0) is 30.3 Å². The Morgan fingerprint density at radius 2 is 1.82 bits per heavy atom. The average Bonchev–Trinajstić information content (AvgIpc) is 3.53. The molecule has 9 nitrogen and oxygen atoms in total. The molecule has 204 valence electrons. The van der Waals surface area contributed by atoms with Crippen LogP contribution in [0.25, 0.3) is 22.3 Å². The third kappa shape index (κ3) is 5.35. The number of halogens is 2. The van der Waals surface area contributed by atoms with Crippen molar-refractivity contribution in [2.24, 2.45) is 0 Å². The van der Waals surface area contributed by atoms with Gasteiger partial charge in [0.1, 0.15) is 5.69 Å². The van der Waals surface area contributed by atoms with E-state index in [1.165, 1.54) is 26.2 Å². The number of likely N-dealkylation sites (tertiary alicyclic amines) is 1. The number of carbonyl (C=O) groups excluding carboxylic acids is 1. The van der Waals surface area contributed by atoms with Crippen LogP contribution in [0.4, 0.5) is 14.5 Å². The van der Waals surface area contributed by atoms with Gasteiger partial charge in [0.2, 0.25) is 5.75 Å². The molecule has 1 N–H and O–H groups in total. The van der Waals surface area contributed by atoms with Crippen LogP contribution in [-0.2, 0) is 6.54 Å². The summed E-state index contributed by atoms with van der Waals surface area (Å²) in [6.07, 6.45) is 1.53. The molecule has 1 aliphatic rings. The van der Waals surface area contributed by atoms with Crippen LogP contribution in [0.1, 0.15) is 22.6 Å². The molecule has 0 atom stereocenters. The third-order valence-corrected chi connectivity index (χ3v) is 6.79. The van der Waals surface area contributed by atoms with E-state index in [9.17, 15) is 13.6 Å². The first-order chi connectivity index (χ1) is 18.7. The van der Waals surface area contributed by atoms with Crippen LogP contribution >= 0.6 is 0 Å². The Morgan fingerprint density at radius 3 is 2.46 bits per heavy atom. The van der Waals surface area contributed by atoms with Crippen LogP contribution in [0.5, 0.6) is 17.2 Å². The van der Waals surface area contributed by atoms with Crippen LogP contribution in [0.15, 0.2) is 48.7 Å². The van der Waals surface area contributed by atoms with Gasteiger partial charge in [0.15, 0.2) is 11.5 Å². The fourth-order valence-corrected chi connectivity index (χ4v) is 4.74. The molecular weight excluding hydrogens is 508 g/mol. The molecule has 0 bridgehead atoms. The molecule has 39 heavy (non-hydrogen) atoms. The number of nitrogens with one attached hydrogen (secondary N) is 1. The van der Waals surface area contributed by atoms with Crippen molar-refractivity contribution < 1.29 is 27.8 Å². The highest BCUT2D eigenvalue weighted by Gasteiger charge is 2.38. The standard InChI is InChI=1S/C28H29F2N5O4/c1-34(19-12-24(37-2)26(39-4)25(13-19)38-3)27(36)23-14-22-21(33-23)6-5-20(32-22)17-7-9-31-18(11-17)15-35-10-8-28(29,30)16-35/h5-7,9,11-14,33H,8,10,15-16H2,1-4H3. The highest BCUT2D eigenvalue weighted by atomic mass is 19.3. The summed E-state index contributed by atoms with van der Waals surface area (Å²) in [5, 5.41) is 0. The zero-order valence-electron chi connectivity index (χ0n) is 22.1. The minimum atomic E-state index is -2.65. The van der Waals surface area contributed by atoms with Crippen molar-refractivity contribution in [2.75, 3.05) is 46.4 Å². The lowest BCUT2D eigenvalue weighted by Crippen LogP contribution is -2.26. The first-order valence-electron chi connectivity index (χ1n) is 12.3. The Kier molecular flexibility index (Phi) is 7.09. The predicted molar refractivity (Wildman–Crippen MR) is 143 cm³/mol. The van der Waals surface area contributed by atoms with Gasteiger partial charge in [0.05, 0.1) is 56.0 Å².